The number of fused-ring (bicyclic) bond motifs is 1. The number of allylic oxidation sites excluding steroid dienone is 6. The van der Waals surface area contributed by atoms with Gasteiger partial charge in [0.05, 0.1) is 0 Å². The Morgan fingerprint density at radius 2 is 2.25 bits per heavy atom. The van der Waals surface area contributed by atoms with Crippen LogP contribution < -0.4 is 0 Å². The van der Waals surface area contributed by atoms with Crippen LogP contribution in [0.4, 0.5) is 0 Å². The summed E-state index contributed by atoms with van der Waals surface area (Å²) in [5.74, 6) is 0.628. The number of alkyl halides is 1. The summed E-state index contributed by atoms with van der Waals surface area (Å²) in [6, 6.07) is 0. The van der Waals surface area contributed by atoms with E-state index in [0.717, 1.165) is 0 Å². The van der Waals surface area contributed by atoms with Gasteiger partial charge in [0.25, 0.3) is 0 Å². The molecule has 2 aliphatic rings. The van der Waals surface area contributed by atoms with E-state index in [4.69, 9.17) is 0 Å². The summed E-state index contributed by atoms with van der Waals surface area (Å²) < 4.78 is 0. The third kappa shape index (κ3) is 1.33. The minimum Gasteiger partial charge on any atom is -0.0894 e. The summed E-state index contributed by atoms with van der Waals surface area (Å²) >= 11 is 3.69. The number of hydrogen-bond donors (Lipinski definition) is 0. The van der Waals surface area contributed by atoms with Crippen molar-refractivity contribution in [3.63, 3.8) is 0 Å². The Balaban J connectivity index is 2.38. The van der Waals surface area contributed by atoms with Crippen molar-refractivity contribution < 1.29 is 0 Å². The summed E-state index contributed by atoms with van der Waals surface area (Å²) in [5, 5.41) is 0. The molecule has 0 aromatic carbocycles. The molecule has 2 unspecified atom stereocenters. The lowest BCUT2D eigenvalue weighted by Crippen LogP contribution is -2.19. The Labute approximate surface area is 83.0 Å². The molecule has 0 aliphatic heterocycles. The number of rotatable bonds is 0. The molecule has 0 N–H and O–H groups in total. The van der Waals surface area contributed by atoms with Crippen LogP contribution in [-0.2, 0) is 0 Å². The van der Waals surface area contributed by atoms with Crippen LogP contribution in [0.25, 0.3) is 0 Å². The minimum atomic E-state index is 0.521. The van der Waals surface area contributed by atoms with Gasteiger partial charge < -0.3 is 0 Å². The van der Waals surface area contributed by atoms with Crippen LogP contribution in [0.2, 0.25) is 0 Å². The molecule has 0 amide bonds. The maximum Gasteiger partial charge on any atom is 0.139 e. The number of halogens is 1. The van der Waals surface area contributed by atoms with Gasteiger partial charge in [-0.15, -0.1) is 0 Å². The quantitative estimate of drug-likeness (QED) is 0.335. The van der Waals surface area contributed by atoms with Gasteiger partial charge in [0.15, 0.2) is 0 Å². The lowest BCUT2D eigenvalue weighted by molar-refractivity contribution is 0.699. The fourth-order valence-electron chi connectivity index (χ4n) is 1.99. The van der Waals surface area contributed by atoms with Crippen LogP contribution in [0.3, 0.4) is 0 Å². The Bertz CT molecular complexity index is 276. The maximum atomic E-state index is 3.69. The molecule has 0 aromatic heterocycles. The van der Waals surface area contributed by atoms with Crippen LogP contribution in [0.5, 0.6) is 0 Å². The molecular weight excluding hydrogens is 211 g/mol. The van der Waals surface area contributed by atoms with Crippen molar-refractivity contribution in [2.75, 3.05) is 0 Å². The van der Waals surface area contributed by atoms with Crippen molar-refractivity contribution in [2.24, 2.45) is 5.92 Å². The van der Waals surface area contributed by atoms with Crippen molar-refractivity contribution in [2.45, 2.75) is 17.7 Å². The van der Waals surface area contributed by atoms with Crippen LogP contribution in [0.1, 0.15) is 12.8 Å². The first kappa shape index (κ1) is 8.37. The van der Waals surface area contributed by atoms with Gasteiger partial charge in [0, 0.05) is 10.7 Å². The minimum absolute atomic E-state index is 0.521. The van der Waals surface area contributed by atoms with Gasteiger partial charge in [-0.3, -0.25) is 0 Å². The van der Waals surface area contributed by atoms with Crippen molar-refractivity contribution in [1.29, 1.82) is 0 Å². The highest BCUT2D eigenvalue weighted by atomic mass is 79.9. The standard InChI is InChI=1S/C10H12BBr/c11-9-5-6-10(12)8-4-2-1-3-7(8)9/h2,4-6,8,10H,1,3,11H2. The van der Waals surface area contributed by atoms with E-state index < -0.39 is 0 Å². The Morgan fingerprint density at radius 3 is 3.00 bits per heavy atom. The topological polar surface area (TPSA) is 0 Å². The second kappa shape index (κ2) is 3.25. The Hall–Kier alpha value is -0.235. The predicted octanol–water partition coefficient (Wildman–Crippen LogP) is 2.17. The molecule has 0 bridgehead atoms. The van der Waals surface area contributed by atoms with Crippen LogP contribution in [-0.4, -0.2) is 12.7 Å². The first-order valence-corrected chi connectivity index (χ1v) is 5.39. The molecule has 62 valence electrons. The highest BCUT2D eigenvalue weighted by Crippen LogP contribution is 2.35. The van der Waals surface area contributed by atoms with Gasteiger partial charge >= 0.3 is 0 Å². The zero-order valence-electron chi connectivity index (χ0n) is 7.26. The van der Waals surface area contributed by atoms with Gasteiger partial charge in [-0.25, -0.2) is 0 Å². The molecule has 12 heavy (non-hydrogen) atoms. The normalized spacial score (nSPS) is 33.8. The monoisotopic (exact) mass is 222 g/mol. The maximum absolute atomic E-state index is 3.69. The van der Waals surface area contributed by atoms with Crippen LogP contribution >= 0.6 is 15.9 Å². The van der Waals surface area contributed by atoms with Crippen molar-refractivity contribution in [3.05, 3.63) is 35.3 Å². The highest BCUT2D eigenvalue weighted by molar-refractivity contribution is 9.09. The van der Waals surface area contributed by atoms with E-state index in [2.05, 4.69) is 48.1 Å². The molecule has 0 fully saturated rings. The Kier molecular flexibility index (Phi) is 2.27. The summed E-state index contributed by atoms with van der Waals surface area (Å²) in [5.41, 5.74) is 3.10. The second-order valence-electron chi connectivity index (χ2n) is 3.50. The van der Waals surface area contributed by atoms with E-state index >= 15 is 0 Å². The molecule has 2 rings (SSSR count). The van der Waals surface area contributed by atoms with E-state index in [0.29, 0.717) is 10.7 Å². The molecule has 2 heteroatoms. The summed E-state index contributed by atoms with van der Waals surface area (Å²) in [4.78, 5) is 0.521. The van der Waals surface area contributed by atoms with Gasteiger partial charge in [-0.05, 0) is 12.8 Å². The first-order chi connectivity index (χ1) is 5.79. The second-order valence-corrected chi connectivity index (χ2v) is 4.56. The fourth-order valence-corrected chi connectivity index (χ4v) is 2.63. The Morgan fingerprint density at radius 1 is 1.42 bits per heavy atom. The fraction of sp³-hybridized carbons (Fsp3) is 0.400. The molecule has 0 saturated heterocycles. The van der Waals surface area contributed by atoms with E-state index in [-0.39, 0.29) is 0 Å². The average molecular weight is 223 g/mol. The SMILES string of the molecule is BC1=C2CCC=CC2C(Br)C=C1. The predicted molar refractivity (Wildman–Crippen MR) is 59.3 cm³/mol. The molecule has 0 nitrogen and oxygen atoms in total. The first-order valence-electron chi connectivity index (χ1n) is 4.47. The largest absolute Gasteiger partial charge is 0.139 e. The average Bonchev–Trinajstić information content (AvgIpc) is 2.12. The lowest BCUT2D eigenvalue weighted by atomic mass is 9.75. The molecule has 0 aromatic rings. The molecule has 2 atom stereocenters. The van der Waals surface area contributed by atoms with Crippen LogP contribution in [0.15, 0.2) is 35.3 Å². The van der Waals surface area contributed by atoms with E-state index in [9.17, 15) is 0 Å². The smallest absolute Gasteiger partial charge is 0.0894 e. The summed E-state index contributed by atoms with van der Waals surface area (Å²) in [6.45, 7) is 0. The van der Waals surface area contributed by atoms with E-state index in [1.165, 1.54) is 18.3 Å². The van der Waals surface area contributed by atoms with E-state index in [1.54, 1.807) is 5.57 Å². The van der Waals surface area contributed by atoms with Gasteiger partial charge in [-0.2, -0.15) is 0 Å². The van der Waals surface area contributed by atoms with Crippen molar-refractivity contribution in [1.82, 2.24) is 0 Å². The van der Waals surface area contributed by atoms with Crippen molar-refractivity contribution >= 4 is 23.8 Å². The third-order valence-electron chi connectivity index (χ3n) is 2.71. The molecule has 0 spiro atoms. The van der Waals surface area contributed by atoms with E-state index in [1.807, 2.05) is 0 Å². The summed E-state index contributed by atoms with van der Waals surface area (Å²) in [6.07, 6.45) is 11.6. The van der Waals surface area contributed by atoms with Crippen LogP contribution in [0, 0.1) is 5.92 Å². The lowest BCUT2D eigenvalue weighted by Gasteiger charge is -2.28. The van der Waals surface area contributed by atoms with Gasteiger partial charge in [0.2, 0.25) is 0 Å². The number of hydrogen-bond acceptors (Lipinski definition) is 0. The molecular formula is C10H12BBr. The third-order valence-corrected chi connectivity index (χ3v) is 3.58. The molecule has 0 saturated carbocycles. The summed E-state index contributed by atoms with van der Waals surface area (Å²) in [7, 11) is 2.22. The van der Waals surface area contributed by atoms with Gasteiger partial charge in [0.1, 0.15) is 7.85 Å². The van der Waals surface area contributed by atoms with Crippen molar-refractivity contribution in [3.8, 4) is 0 Å². The molecule has 2 aliphatic carbocycles. The highest BCUT2D eigenvalue weighted by Gasteiger charge is 2.23. The molecule has 0 radical (unpaired) electrons. The zero-order chi connectivity index (χ0) is 8.55. The zero-order valence-corrected chi connectivity index (χ0v) is 8.84. The van der Waals surface area contributed by atoms with Gasteiger partial charge in [-0.1, -0.05) is 51.3 Å². The molecule has 0 heterocycles.